The Morgan fingerprint density at radius 1 is 0.766 bits per heavy atom. The summed E-state index contributed by atoms with van der Waals surface area (Å²) >= 11 is 0. The normalized spacial score (nSPS) is 13.6. The lowest BCUT2D eigenvalue weighted by molar-refractivity contribution is -0.343. The van der Waals surface area contributed by atoms with Crippen molar-refractivity contribution in [1.29, 1.82) is 0 Å². The van der Waals surface area contributed by atoms with E-state index in [1.54, 1.807) is 18.2 Å². The minimum Gasteiger partial charge on any atom is -0.496 e. The molecule has 0 fully saturated rings. The third-order valence-corrected chi connectivity index (χ3v) is 8.44. The lowest BCUT2D eigenvalue weighted by Gasteiger charge is -2.34. The summed E-state index contributed by atoms with van der Waals surface area (Å²) in [5.74, 6) is -20.2. The van der Waals surface area contributed by atoms with E-state index in [-0.39, 0.29) is 5.39 Å². The average molecular weight is 695 g/mol. The van der Waals surface area contributed by atoms with Crippen LogP contribution in [0.1, 0.15) is 33.3 Å². The summed E-state index contributed by atoms with van der Waals surface area (Å²) in [4.78, 5) is 26.4. The maximum atomic E-state index is 14.3. The first-order valence-electron chi connectivity index (χ1n) is 13.4. The highest BCUT2D eigenvalue weighted by Gasteiger charge is 2.84. The Hall–Kier alpha value is -4.41. The minimum absolute atomic E-state index is 0.102. The van der Waals surface area contributed by atoms with Crippen molar-refractivity contribution in [1.82, 2.24) is 9.55 Å². The number of rotatable bonds is 9. The van der Waals surface area contributed by atoms with Crippen LogP contribution in [0.4, 0.5) is 35.1 Å². The van der Waals surface area contributed by atoms with Crippen molar-refractivity contribution in [3.05, 3.63) is 87.2 Å². The van der Waals surface area contributed by atoms with Gasteiger partial charge in [0.15, 0.2) is 0 Å². The fourth-order valence-corrected chi connectivity index (χ4v) is 5.51. The van der Waals surface area contributed by atoms with Crippen LogP contribution in [-0.2, 0) is 15.5 Å². The number of aromatic amines is 1. The van der Waals surface area contributed by atoms with E-state index in [9.17, 15) is 53.1 Å². The Bertz CT molecular complexity index is 2080. The van der Waals surface area contributed by atoms with Crippen LogP contribution in [-0.4, -0.2) is 48.1 Å². The summed E-state index contributed by atoms with van der Waals surface area (Å²) in [7, 11) is -5.54. The lowest BCUT2D eigenvalue weighted by Crippen LogP contribution is -2.64. The maximum Gasteiger partial charge on any atom is 0.449 e. The van der Waals surface area contributed by atoms with Crippen molar-refractivity contribution in [2.75, 3.05) is 7.11 Å². The number of alkyl halides is 8. The maximum absolute atomic E-state index is 14.3. The summed E-state index contributed by atoms with van der Waals surface area (Å²) in [6.07, 6.45) is 1.28. The molecule has 0 radical (unpaired) electrons. The van der Waals surface area contributed by atoms with Gasteiger partial charge in [0.05, 0.1) is 12.8 Å². The number of fused-ring (bicyclic) bond motifs is 1. The van der Waals surface area contributed by atoms with Gasteiger partial charge in [-0.1, -0.05) is 39.0 Å². The highest BCUT2D eigenvalue weighted by Crippen LogP contribution is 2.54. The van der Waals surface area contributed by atoms with Crippen molar-refractivity contribution in [3.8, 4) is 28.3 Å². The smallest absolute Gasteiger partial charge is 0.449 e. The van der Waals surface area contributed by atoms with Gasteiger partial charge >= 0.3 is 38.8 Å². The van der Waals surface area contributed by atoms with E-state index in [2.05, 4.69) is 9.17 Å². The highest BCUT2D eigenvalue weighted by molar-refractivity contribution is 7.88. The van der Waals surface area contributed by atoms with Gasteiger partial charge in [-0.05, 0) is 52.1 Å². The minimum atomic E-state index is -7.07. The molecule has 0 unspecified atom stereocenters. The number of benzene rings is 3. The summed E-state index contributed by atoms with van der Waals surface area (Å²) in [5, 5.41) is -6.36. The molecule has 1 N–H and O–H groups in total. The van der Waals surface area contributed by atoms with Crippen LogP contribution in [0.3, 0.4) is 0 Å². The summed E-state index contributed by atoms with van der Waals surface area (Å²) < 4.78 is 145. The van der Waals surface area contributed by atoms with Gasteiger partial charge in [-0.3, -0.25) is 14.3 Å². The number of halogens is 8. The van der Waals surface area contributed by atoms with E-state index in [0.29, 0.717) is 33.5 Å². The fourth-order valence-electron chi connectivity index (χ4n) is 4.60. The van der Waals surface area contributed by atoms with Gasteiger partial charge in [0.1, 0.15) is 11.5 Å². The molecule has 17 heteroatoms. The van der Waals surface area contributed by atoms with Crippen molar-refractivity contribution in [3.63, 3.8) is 0 Å². The van der Waals surface area contributed by atoms with E-state index < -0.39 is 62.5 Å². The molecule has 0 aliphatic heterocycles. The van der Waals surface area contributed by atoms with E-state index >= 15 is 0 Å². The Kier molecular flexibility index (Phi) is 8.58. The first kappa shape index (κ1) is 35.4. The number of nitrogens with one attached hydrogen (secondary N) is 1. The number of ether oxygens (including phenoxy) is 1. The molecule has 1 aromatic heterocycles. The number of H-pyrrole nitrogens is 1. The monoisotopic (exact) mass is 694 g/mol. The predicted octanol–water partition coefficient (Wildman–Crippen LogP) is 6.88. The number of hydrogen-bond acceptors (Lipinski definition) is 6. The van der Waals surface area contributed by atoms with Crippen LogP contribution in [0, 0.1) is 0 Å². The SMILES string of the molecule is COc1c(-c2ccc3cc(OS(=O)(=O)C(F)(F)C(F)(F)C(F)(F)C(C)(F)F)ccc3c2)cc(-n2ccc(=O)[nH]c2=O)cc1C(C)(C)C. The number of nitrogens with zero attached hydrogens (tertiary/aromatic N) is 1. The molecule has 0 saturated heterocycles. The molecule has 0 aliphatic rings. The second-order valence-corrected chi connectivity index (χ2v) is 13.2. The summed E-state index contributed by atoms with van der Waals surface area (Å²) in [5.41, 5.74) is 0.0630. The van der Waals surface area contributed by atoms with E-state index in [1.165, 1.54) is 30.0 Å². The second kappa shape index (κ2) is 11.4. The zero-order valence-corrected chi connectivity index (χ0v) is 25.9. The van der Waals surface area contributed by atoms with Gasteiger partial charge in [0, 0.05) is 30.3 Å². The average Bonchev–Trinajstić information content (AvgIpc) is 2.94. The molecule has 0 spiro atoms. The molecule has 0 saturated carbocycles. The first-order chi connectivity index (χ1) is 21.4. The molecule has 1 heterocycles. The Balaban J connectivity index is 1.80. The van der Waals surface area contributed by atoms with Gasteiger partial charge < -0.3 is 8.92 Å². The molecule has 47 heavy (non-hydrogen) atoms. The first-order valence-corrected chi connectivity index (χ1v) is 14.8. The summed E-state index contributed by atoms with van der Waals surface area (Å²) in [6.45, 7) is 4.90. The van der Waals surface area contributed by atoms with Crippen LogP contribution in [0.25, 0.3) is 27.6 Å². The number of aromatic nitrogens is 2. The molecule has 0 amide bonds. The molecular weight excluding hydrogens is 668 g/mol. The van der Waals surface area contributed by atoms with Crippen molar-refractivity contribution >= 4 is 20.9 Å². The number of methoxy groups -OCH3 is 1. The zero-order chi connectivity index (χ0) is 35.5. The molecule has 4 aromatic rings. The van der Waals surface area contributed by atoms with E-state index in [4.69, 9.17) is 4.74 Å². The molecule has 0 aliphatic carbocycles. The highest BCUT2D eigenvalue weighted by atomic mass is 32.2. The van der Waals surface area contributed by atoms with Crippen molar-refractivity contribution < 1.29 is 52.5 Å². The second-order valence-electron chi connectivity index (χ2n) is 11.6. The molecule has 4 rings (SSSR count). The third-order valence-electron chi connectivity index (χ3n) is 7.14. The Morgan fingerprint density at radius 3 is 1.91 bits per heavy atom. The van der Waals surface area contributed by atoms with Crippen LogP contribution in [0.15, 0.2) is 70.4 Å². The van der Waals surface area contributed by atoms with Crippen molar-refractivity contribution in [2.45, 2.75) is 56.1 Å². The standard InChI is InChI=1S/C30H26F8N2O6S/c1-26(2,3)22-15-19(40-11-10-23(41)39-25(40)42)14-21(24(22)45-5)18-7-6-17-13-20(9-8-16(17)12-18)46-47(43,44)30(37,38)29(35,36)28(33,34)27(4,31)32/h6-15H,1-5H3,(H,39,41,42). The van der Waals surface area contributed by atoms with Crippen LogP contribution in [0.2, 0.25) is 0 Å². The van der Waals surface area contributed by atoms with Gasteiger partial charge in [0.2, 0.25) is 0 Å². The quantitative estimate of drug-likeness (QED) is 0.151. The van der Waals surface area contributed by atoms with E-state index in [1.807, 2.05) is 20.8 Å². The largest absolute Gasteiger partial charge is 0.496 e. The molecule has 3 aromatic carbocycles. The van der Waals surface area contributed by atoms with Gasteiger partial charge in [-0.25, -0.2) is 4.79 Å². The van der Waals surface area contributed by atoms with Gasteiger partial charge in [-0.15, -0.1) is 0 Å². The molecule has 254 valence electrons. The van der Waals surface area contributed by atoms with Crippen molar-refractivity contribution in [2.24, 2.45) is 0 Å². The van der Waals surface area contributed by atoms with Crippen LogP contribution < -0.4 is 20.2 Å². The van der Waals surface area contributed by atoms with E-state index in [0.717, 1.165) is 24.3 Å². The molecule has 0 atom stereocenters. The molecular formula is C30H26F8N2O6S. The molecule has 8 nitrogen and oxygen atoms in total. The lowest BCUT2D eigenvalue weighted by atomic mass is 9.83. The Morgan fingerprint density at radius 2 is 1.36 bits per heavy atom. The number of hydrogen-bond donors (Lipinski definition) is 1. The van der Waals surface area contributed by atoms with Crippen LogP contribution >= 0.6 is 0 Å². The third kappa shape index (κ3) is 6.07. The van der Waals surface area contributed by atoms with Gasteiger partial charge in [-0.2, -0.15) is 43.5 Å². The fraction of sp³-hybridized carbons (Fsp3) is 0.333. The molecule has 0 bridgehead atoms. The topological polar surface area (TPSA) is 107 Å². The van der Waals surface area contributed by atoms with Crippen LogP contribution in [0.5, 0.6) is 11.5 Å². The zero-order valence-electron chi connectivity index (χ0n) is 25.1. The summed E-state index contributed by atoms with van der Waals surface area (Å²) in [6, 6.07) is 11.6. The van der Waals surface area contributed by atoms with Gasteiger partial charge in [0.25, 0.3) is 5.56 Å². The Labute approximate surface area is 261 Å². The predicted molar refractivity (Wildman–Crippen MR) is 156 cm³/mol.